The Kier molecular flexibility index (Phi) is 4.59. The van der Waals surface area contributed by atoms with Gasteiger partial charge in [-0.1, -0.05) is 0 Å². The molecule has 0 aliphatic carbocycles. The van der Waals surface area contributed by atoms with Gasteiger partial charge in [0.15, 0.2) is 5.65 Å². The van der Waals surface area contributed by atoms with Crippen LogP contribution in [0.4, 0.5) is 5.95 Å². The highest BCUT2D eigenvalue weighted by atomic mass is 16.2. The molecule has 5 rings (SSSR count). The SMILES string of the molecule is CNc1nc2c(c(C(=O)N3CCCC3)n1)CN(Cc1ccn3ncnc3c1)CC2. The van der Waals surface area contributed by atoms with Crippen molar-refractivity contribution in [1.82, 2.24) is 34.4 Å². The van der Waals surface area contributed by atoms with Gasteiger partial charge in [0, 0.05) is 58.0 Å². The van der Waals surface area contributed by atoms with E-state index < -0.39 is 0 Å². The third-order valence-corrected chi connectivity index (χ3v) is 5.71. The molecule has 0 aromatic carbocycles. The highest BCUT2D eigenvalue weighted by Gasteiger charge is 2.29. The molecular formula is C20H24N8O. The lowest BCUT2D eigenvalue weighted by Crippen LogP contribution is -2.35. The third kappa shape index (κ3) is 3.42. The number of likely N-dealkylation sites (tertiary alicyclic amines) is 1. The molecule has 0 saturated carbocycles. The first-order valence-electron chi connectivity index (χ1n) is 10.1. The first-order chi connectivity index (χ1) is 14.2. The fraction of sp³-hybridized carbons (Fsp3) is 0.450. The predicted molar refractivity (Wildman–Crippen MR) is 108 cm³/mol. The number of rotatable bonds is 4. The predicted octanol–water partition coefficient (Wildman–Crippen LogP) is 1.36. The molecule has 9 nitrogen and oxygen atoms in total. The van der Waals surface area contributed by atoms with Gasteiger partial charge in [-0.05, 0) is 30.5 Å². The second-order valence-electron chi connectivity index (χ2n) is 7.63. The van der Waals surface area contributed by atoms with Gasteiger partial charge in [0.2, 0.25) is 5.95 Å². The van der Waals surface area contributed by atoms with E-state index in [9.17, 15) is 4.79 Å². The number of pyridine rings is 1. The van der Waals surface area contributed by atoms with Crippen LogP contribution in [0.1, 0.15) is 40.2 Å². The molecule has 3 aromatic rings. The maximum absolute atomic E-state index is 13.1. The van der Waals surface area contributed by atoms with Crippen LogP contribution in [-0.4, -0.2) is 67.0 Å². The number of nitrogens with zero attached hydrogens (tertiary/aromatic N) is 7. The van der Waals surface area contributed by atoms with Crippen molar-refractivity contribution in [2.45, 2.75) is 32.4 Å². The molecule has 0 atom stereocenters. The number of carbonyl (C=O) groups is 1. The molecule has 150 valence electrons. The summed E-state index contributed by atoms with van der Waals surface area (Å²) in [7, 11) is 1.79. The van der Waals surface area contributed by atoms with Gasteiger partial charge in [0.05, 0.1) is 5.69 Å². The van der Waals surface area contributed by atoms with Gasteiger partial charge in [-0.15, -0.1) is 0 Å². The summed E-state index contributed by atoms with van der Waals surface area (Å²) in [6.45, 7) is 3.98. The minimum absolute atomic E-state index is 0.0318. The van der Waals surface area contributed by atoms with Crippen LogP contribution in [0.2, 0.25) is 0 Å². The fourth-order valence-electron chi connectivity index (χ4n) is 4.18. The van der Waals surface area contributed by atoms with Crippen LogP contribution in [0, 0.1) is 0 Å². The van der Waals surface area contributed by atoms with Crippen molar-refractivity contribution in [2.75, 3.05) is 32.0 Å². The molecule has 9 heteroatoms. The van der Waals surface area contributed by atoms with Gasteiger partial charge in [-0.3, -0.25) is 9.69 Å². The summed E-state index contributed by atoms with van der Waals surface area (Å²) < 4.78 is 1.76. The third-order valence-electron chi connectivity index (χ3n) is 5.71. The molecule has 0 bridgehead atoms. The van der Waals surface area contributed by atoms with Gasteiger partial charge in [0.25, 0.3) is 5.91 Å². The average Bonchev–Trinajstić information content (AvgIpc) is 3.44. The Bertz CT molecular complexity index is 1060. The normalized spacial score (nSPS) is 16.9. The molecule has 2 aliphatic rings. The molecule has 1 fully saturated rings. The van der Waals surface area contributed by atoms with Crippen LogP contribution >= 0.6 is 0 Å². The standard InChI is InChI=1S/C20H24N8O/c1-21-20-24-16-5-8-26(11-14-4-9-28-17(10-14)22-13-23-28)12-15(16)18(25-20)19(29)27-6-2-3-7-27/h4,9-10,13H,2-3,5-8,11-12H2,1H3,(H,21,24,25). The minimum atomic E-state index is 0.0318. The summed E-state index contributed by atoms with van der Waals surface area (Å²) in [5.41, 5.74) is 4.52. The number of hydrogen-bond donors (Lipinski definition) is 1. The number of hydrogen-bond acceptors (Lipinski definition) is 7. The fourth-order valence-corrected chi connectivity index (χ4v) is 4.18. The number of amides is 1. The van der Waals surface area contributed by atoms with Crippen LogP contribution in [0.15, 0.2) is 24.7 Å². The summed E-state index contributed by atoms with van der Waals surface area (Å²) in [5.74, 6) is 0.557. The van der Waals surface area contributed by atoms with E-state index in [4.69, 9.17) is 0 Å². The molecule has 1 amide bonds. The topological polar surface area (TPSA) is 91.6 Å². The van der Waals surface area contributed by atoms with E-state index in [0.29, 0.717) is 18.2 Å². The largest absolute Gasteiger partial charge is 0.357 e. The second-order valence-corrected chi connectivity index (χ2v) is 7.63. The van der Waals surface area contributed by atoms with Gasteiger partial charge in [0.1, 0.15) is 12.0 Å². The van der Waals surface area contributed by atoms with Crippen LogP contribution in [0.5, 0.6) is 0 Å². The zero-order valence-corrected chi connectivity index (χ0v) is 16.5. The Balaban J connectivity index is 1.42. The van der Waals surface area contributed by atoms with Crippen LogP contribution in [0.25, 0.3) is 5.65 Å². The molecule has 0 radical (unpaired) electrons. The van der Waals surface area contributed by atoms with Crippen molar-refractivity contribution in [1.29, 1.82) is 0 Å². The molecular weight excluding hydrogens is 368 g/mol. The Morgan fingerprint density at radius 2 is 2.07 bits per heavy atom. The molecule has 1 N–H and O–H groups in total. The number of nitrogens with one attached hydrogen (secondary N) is 1. The molecule has 0 spiro atoms. The smallest absolute Gasteiger partial charge is 0.273 e. The first-order valence-corrected chi connectivity index (χ1v) is 10.1. The average molecular weight is 392 g/mol. The van der Waals surface area contributed by atoms with Crippen LogP contribution in [0.3, 0.4) is 0 Å². The minimum Gasteiger partial charge on any atom is -0.357 e. The zero-order chi connectivity index (χ0) is 19.8. The van der Waals surface area contributed by atoms with Crippen molar-refractivity contribution < 1.29 is 4.79 Å². The number of carbonyl (C=O) groups excluding carboxylic acids is 1. The van der Waals surface area contributed by atoms with E-state index in [1.54, 1.807) is 17.9 Å². The lowest BCUT2D eigenvalue weighted by molar-refractivity contribution is 0.0783. The van der Waals surface area contributed by atoms with Gasteiger partial charge in [-0.2, -0.15) is 5.10 Å². The number of anilines is 1. The van der Waals surface area contributed by atoms with Crippen LogP contribution < -0.4 is 5.32 Å². The van der Waals surface area contributed by atoms with Crippen molar-refractivity contribution in [3.8, 4) is 0 Å². The highest BCUT2D eigenvalue weighted by molar-refractivity contribution is 5.94. The summed E-state index contributed by atoms with van der Waals surface area (Å²) >= 11 is 0. The van der Waals surface area contributed by atoms with Crippen LogP contribution in [-0.2, 0) is 19.5 Å². The molecule has 2 aliphatic heterocycles. The maximum Gasteiger partial charge on any atom is 0.273 e. The first kappa shape index (κ1) is 18.0. The van der Waals surface area contributed by atoms with Crippen molar-refractivity contribution in [2.24, 2.45) is 0 Å². The quantitative estimate of drug-likeness (QED) is 0.717. The lowest BCUT2D eigenvalue weighted by Gasteiger charge is -2.30. The van der Waals surface area contributed by atoms with Gasteiger partial charge in [-0.25, -0.2) is 19.5 Å². The van der Waals surface area contributed by atoms with Gasteiger partial charge >= 0.3 is 0 Å². The van der Waals surface area contributed by atoms with Crippen molar-refractivity contribution in [3.05, 3.63) is 47.2 Å². The summed E-state index contributed by atoms with van der Waals surface area (Å²) in [5, 5.41) is 7.16. The molecule has 3 aromatic heterocycles. The van der Waals surface area contributed by atoms with E-state index in [1.165, 1.54) is 5.56 Å². The lowest BCUT2D eigenvalue weighted by atomic mass is 10.0. The number of fused-ring (bicyclic) bond motifs is 2. The summed E-state index contributed by atoms with van der Waals surface area (Å²) in [4.78, 5) is 30.9. The van der Waals surface area contributed by atoms with Gasteiger partial charge < -0.3 is 10.2 Å². The van der Waals surface area contributed by atoms with Crippen molar-refractivity contribution >= 4 is 17.5 Å². The van der Waals surface area contributed by atoms with E-state index in [2.05, 4.69) is 42.4 Å². The van der Waals surface area contributed by atoms with E-state index in [-0.39, 0.29) is 5.91 Å². The summed E-state index contributed by atoms with van der Waals surface area (Å²) in [6, 6.07) is 4.12. The maximum atomic E-state index is 13.1. The van der Waals surface area contributed by atoms with E-state index in [0.717, 1.165) is 62.3 Å². The Hall–Kier alpha value is -3.07. The zero-order valence-electron chi connectivity index (χ0n) is 16.5. The van der Waals surface area contributed by atoms with E-state index >= 15 is 0 Å². The Morgan fingerprint density at radius 3 is 2.90 bits per heavy atom. The number of aromatic nitrogens is 5. The van der Waals surface area contributed by atoms with E-state index in [1.807, 2.05) is 11.1 Å². The Labute approximate surface area is 168 Å². The Morgan fingerprint density at radius 1 is 1.21 bits per heavy atom. The molecule has 1 saturated heterocycles. The monoisotopic (exact) mass is 392 g/mol. The summed E-state index contributed by atoms with van der Waals surface area (Å²) in [6.07, 6.45) is 6.42. The van der Waals surface area contributed by atoms with Crippen molar-refractivity contribution in [3.63, 3.8) is 0 Å². The molecule has 0 unspecified atom stereocenters. The molecule has 5 heterocycles. The second kappa shape index (κ2) is 7.40. The highest BCUT2D eigenvalue weighted by Crippen LogP contribution is 2.25. The molecule has 29 heavy (non-hydrogen) atoms.